The first-order valence-electron chi connectivity index (χ1n) is 7.18. The summed E-state index contributed by atoms with van der Waals surface area (Å²) in [5, 5.41) is 3.57. The van der Waals surface area contributed by atoms with Crippen molar-refractivity contribution in [1.82, 2.24) is 10.3 Å². The minimum atomic E-state index is 0.589. The number of ether oxygens (including phenoxy) is 1. The summed E-state index contributed by atoms with van der Waals surface area (Å²) in [6.07, 6.45) is 4.35. The predicted octanol–water partition coefficient (Wildman–Crippen LogP) is 2.30. The Balaban J connectivity index is 1.97. The van der Waals surface area contributed by atoms with Gasteiger partial charge in [0, 0.05) is 37.1 Å². The first kappa shape index (κ1) is 14.1. The minimum Gasteiger partial charge on any atom is -0.481 e. The van der Waals surface area contributed by atoms with Crippen LogP contribution >= 0.6 is 0 Å². The van der Waals surface area contributed by atoms with Gasteiger partial charge in [0.1, 0.15) is 0 Å². The zero-order chi connectivity index (χ0) is 13.7. The van der Waals surface area contributed by atoms with Crippen molar-refractivity contribution in [2.45, 2.75) is 32.7 Å². The molecule has 0 saturated carbocycles. The summed E-state index contributed by atoms with van der Waals surface area (Å²) in [4.78, 5) is 6.64. The minimum absolute atomic E-state index is 0.589. The van der Waals surface area contributed by atoms with E-state index >= 15 is 0 Å². The lowest BCUT2D eigenvalue weighted by Crippen LogP contribution is -2.39. The van der Waals surface area contributed by atoms with Crippen molar-refractivity contribution in [3.05, 3.63) is 18.3 Å². The Hall–Kier alpha value is -1.29. The first-order chi connectivity index (χ1) is 9.20. The Kier molecular flexibility index (Phi) is 5.02. The number of rotatable bonds is 6. The second-order valence-electron chi connectivity index (χ2n) is 5.60. The Morgan fingerprint density at radius 2 is 2.37 bits per heavy atom. The fourth-order valence-corrected chi connectivity index (χ4v) is 2.62. The zero-order valence-corrected chi connectivity index (χ0v) is 12.2. The smallest absolute Gasteiger partial charge is 0.214 e. The Morgan fingerprint density at radius 3 is 3.11 bits per heavy atom. The molecule has 2 rings (SSSR count). The van der Waals surface area contributed by atoms with Gasteiger partial charge in [0.15, 0.2) is 0 Å². The van der Waals surface area contributed by atoms with Crippen LogP contribution in [0.3, 0.4) is 0 Å². The maximum Gasteiger partial charge on any atom is 0.214 e. The molecule has 1 aliphatic heterocycles. The molecule has 19 heavy (non-hydrogen) atoms. The van der Waals surface area contributed by atoms with E-state index in [1.807, 2.05) is 12.3 Å². The quantitative estimate of drug-likeness (QED) is 0.854. The van der Waals surface area contributed by atoms with Gasteiger partial charge in [-0.15, -0.1) is 0 Å². The van der Waals surface area contributed by atoms with Crippen molar-refractivity contribution in [3.8, 4) is 5.88 Å². The molecule has 1 unspecified atom stereocenters. The lowest BCUT2D eigenvalue weighted by molar-refractivity contribution is 0.398. The molecule has 1 fully saturated rings. The Labute approximate surface area is 116 Å². The highest BCUT2D eigenvalue weighted by Crippen LogP contribution is 2.26. The summed E-state index contributed by atoms with van der Waals surface area (Å²) < 4.78 is 5.21. The molecule has 0 radical (unpaired) electrons. The predicted molar refractivity (Wildman–Crippen MR) is 78.9 cm³/mol. The molecule has 1 atom stereocenters. The number of pyridine rings is 1. The van der Waals surface area contributed by atoms with Gasteiger partial charge in [-0.05, 0) is 31.4 Å². The largest absolute Gasteiger partial charge is 0.481 e. The normalized spacial score (nSPS) is 19.2. The van der Waals surface area contributed by atoms with Crippen LogP contribution in [0.4, 0.5) is 5.69 Å². The summed E-state index contributed by atoms with van der Waals surface area (Å²) in [6.45, 7) is 7.76. The second kappa shape index (κ2) is 6.75. The van der Waals surface area contributed by atoms with Gasteiger partial charge in [-0.2, -0.15) is 0 Å². The average molecular weight is 263 g/mol. The summed E-state index contributed by atoms with van der Waals surface area (Å²) in [5.74, 6) is 1.40. The van der Waals surface area contributed by atoms with Crippen LogP contribution in [0.15, 0.2) is 18.3 Å². The lowest BCUT2D eigenvalue weighted by atomic mass is 10.2. The van der Waals surface area contributed by atoms with E-state index in [2.05, 4.69) is 35.1 Å². The van der Waals surface area contributed by atoms with Gasteiger partial charge >= 0.3 is 0 Å². The third-order valence-electron chi connectivity index (χ3n) is 3.57. The molecule has 0 spiro atoms. The third kappa shape index (κ3) is 3.83. The van der Waals surface area contributed by atoms with E-state index in [-0.39, 0.29) is 0 Å². The monoisotopic (exact) mass is 263 g/mol. The Morgan fingerprint density at radius 1 is 1.53 bits per heavy atom. The van der Waals surface area contributed by atoms with E-state index in [1.165, 1.54) is 18.5 Å². The maximum atomic E-state index is 5.21. The van der Waals surface area contributed by atoms with Crippen LogP contribution in [-0.2, 0) is 0 Å². The number of nitrogens with zero attached hydrogens (tertiary/aromatic N) is 2. The maximum absolute atomic E-state index is 5.21. The first-order valence-corrected chi connectivity index (χ1v) is 7.18. The molecule has 0 aromatic carbocycles. The van der Waals surface area contributed by atoms with Gasteiger partial charge in [-0.25, -0.2) is 4.98 Å². The summed E-state index contributed by atoms with van der Waals surface area (Å²) >= 11 is 0. The molecular weight excluding hydrogens is 238 g/mol. The van der Waals surface area contributed by atoms with Crippen LogP contribution in [0.1, 0.15) is 26.7 Å². The van der Waals surface area contributed by atoms with Crippen LogP contribution in [-0.4, -0.2) is 37.8 Å². The Bertz CT molecular complexity index is 395. The number of aromatic nitrogens is 1. The lowest BCUT2D eigenvalue weighted by Gasteiger charge is -2.27. The van der Waals surface area contributed by atoms with Crippen LogP contribution in [0.2, 0.25) is 0 Å². The van der Waals surface area contributed by atoms with E-state index in [0.717, 1.165) is 19.6 Å². The molecule has 106 valence electrons. The highest BCUT2D eigenvalue weighted by molar-refractivity contribution is 5.50. The summed E-state index contributed by atoms with van der Waals surface area (Å²) in [5.41, 5.74) is 1.22. The van der Waals surface area contributed by atoms with Crippen molar-refractivity contribution in [2.24, 2.45) is 5.92 Å². The molecule has 1 aliphatic rings. The number of hydrogen-bond donors (Lipinski definition) is 1. The summed E-state index contributed by atoms with van der Waals surface area (Å²) in [7, 11) is 1.66. The molecule has 1 aromatic heterocycles. The topological polar surface area (TPSA) is 37.4 Å². The van der Waals surface area contributed by atoms with E-state index in [1.54, 1.807) is 7.11 Å². The highest BCUT2D eigenvalue weighted by atomic mass is 16.5. The van der Waals surface area contributed by atoms with Gasteiger partial charge in [-0.1, -0.05) is 13.8 Å². The van der Waals surface area contributed by atoms with Crippen molar-refractivity contribution in [3.63, 3.8) is 0 Å². The van der Waals surface area contributed by atoms with E-state index < -0.39 is 0 Å². The number of anilines is 1. The molecule has 0 amide bonds. The highest BCUT2D eigenvalue weighted by Gasteiger charge is 2.24. The molecule has 0 aliphatic carbocycles. The van der Waals surface area contributed by atoms with Crippen molar-refractivity contribution >= 4 is 5.69 Å². The van der Waals surface area contributed by atoms with Crippen LogP contribution in [0.25, 0.3) is 0 Å². The standard InChI is InChI=1S/C15H25N3O/c1-12(2)10-16-11-14-5-4-8-18(14)13-6-7-17-15(9-13)19-3/h6-7,9,12,14,16H,4-5,8,10-11H2,1-3H3. The molecule has 1 N–H and O–H groups in total. The number of methoxy groups -OCH3 is 1. The van der Waals surface area contributed by atoms with Crippen LogP contribution in [0, 0.1) is 5.92 Å². The van der Waals surface area contributed by atoms with Gasteiger partial charge in [0.25, 0.3) is 0 Å². The fraction of sp³-hybridized carbons (Fsp3) is 0.667. The van der Waals surface area contributed by atoms with Gasteiger partial charge in [-0.3, -0.25) is 0 Å². The van der Waals surface area contributed by atoms with Crippen molar-refractivity contribution in [2.75, 3.05) is 31.6 Å². The van der Waals surface area contributed by atoms with E-state index in [0.29, 0.717) is 17.8 Å². The van der Waals surface area contributed by atoms with Crippen LogP contribution in [0.5, 0.6) is 5.88 Å². The SMILES string of the molecule is COc1cc(N2CCCC2CNCC(C)C)ccn1. The van der Waals surface area contributed by atoms with E-state index in [4.69, 9.17) is 4.74 Å². The molecule has 4 nitrogen and oxygen atoms in total. The van der Waals surface area contributed by atoms with Crippen LogP contribution < -0.4 is 15.0 Å². The van der Waals surface area contributed by atoms with Gasteiger partial charge in [0.2, 0.25) is 5.88 Å². The van der Waals surface area contributed by atoms with Crippen molar-refractivity contribution in [1.29, 1.82) is 0 Å². The molecule has 4 heteroatoms. The second-order valence-corrected chi connectivity index (χ2v) is 5.60. The van der Waals surface area contributed by atoms with Gasteiger partial charge < -0.3 is 15.0 Å². The molecular formula is C15H25N3O. The molecule has 0 bridgehead atoms. The average Bonchev–Trinajstić information content (AvgIpc) is 2.87. The number of hydrogen-bond acceptors (Lipinski definition) is 4. The molecule has 1 saturated heterocycles. The molecule has 2 heterocycles. The molecule has 1 aromatic rings. The van der Waals surface area contributed by atoms with Gasteiger partial charge in [0.05, 0.1) is 7.11 Å². The zero-order valence-electron chi connectivity index (χ0n) is 12.2. The third-order valence-corrected chi connectivity index (χ3v) is 3.57. The van der Waals surface area contributed by atoms with Crippen molar-refractivity contribution < 1.29 is 4.74 Å². The van der Waals surface area contributed by atoms with E-state index in [9.17, 15) is 0 Å². The number of nitrogens with one attached hydrogen (secondary N) is 1. The fourth-order valence-electron chi connectivity index (χ4n) is 2.62. The summed E-state index contributed by atoms with van der Waals surface area (Å²) in [6, 6.07) is 4.69.